The highest BCUT2D eigenvalue weighted by Gasteiger charge is 2.26. The van der Waals surface area contributed by atoms with Crippen molar-refractivity contribution in [2.24, 2.45) is 0 Å². The van der Waals surface area contributed by atoms with Crippen LogP contribution in [0.4, 0.5) is 5.13 Å². The zero-order valence-electron chi connectivity index (χ0n) is 10.3. The number of rotatable bonds is 1. The fourth-order valence-electron chi connectivity index (χ4n) is 3.15. The molecule has 0 radical (unpaired) electrons. The van der Waals surface area contributed by atoms with E-state index in [9.17, 15) is 0 Å². The molecule has 1 aliphatic heterocycles. The third kappa shape index (κ3) is 2.47. The van der Waals surface area contributed by atoms with Gasteiger partial charge in [0.2, 0.25) is 0 Å². The van der Waals surface area contributed by atoms with E-state index in [1.54, 1.807) is 11.3 Å². The molecule has 17 heavy (non-hydrogen) atoms. The number of hydrogen-bond donors (Lipinski definition) is 1. The minimum Gasteiger partial charge on any atom is -0.375 e. The van der Waals surface area contributed by atoms with Gasteiger partial charge in [0.15, 0.2) is 5.13 Å². The number of aromatic nitrogens is 1. The zero-order chi connectivity index (χ0) is 11.7. The van der Waals surface area contributed by atoms with E-state index in [2.05, 4.69) is 9.88 Å². The van der Waals surface area contributed by atoms with Gasteiger partial charge in [-0.1, -0.05) is 12.8 Å². The van der Waals surface area contributed by atoms with Gasteiger partial charge in [-0.15, -0.1) is 11.3 Å². The molecule has 1 unspecified atom stereocenters. The Kier molecular flexibility index (Phi) is 3.34. The number of nitrogens with two attached hydrogens (primary N) is 1. The van der Waals surface area contributed by atoms with E-state index in [1.807, 2.05) is 0 Å². The van der Waals surface area contributed by atoms with Crippen molar-refractivity contribution in [3.8, 4) is 0 Å². The van der Waals surface area contributed by atoms with Crippen LogP contribution in [0.3, 0.4) is 0 Å². The summed E-state index contributed by atoms with van der Waals surface area (Å²) in [5.74, 6) is 0. The molecule has 1 aliphatic carbocycles. The highest BCUT2D eigenvalue weighted by molar-refractivity contribution is 7.15. The van der Waals surface area contributed by atoms with Crippen LogP contribution < -0.4 is 5.73 Å². The van der Waals surface area contributed by atoms with Crippen LogP contribution in [-0.4, -0.2) is 29.0 Å². The maximum atomic E-state index is 5.80. The maximum Gasteiger partial charge on any atom is 0.180 e. The predicted molar refractivity (Wildman–Crippen MR) is 72.4 cm³/mol. The Morgan fingerprint density at radius 1 is 1.18 bits per heavy atom. The first-order valence-corrected chi connectivity index (χ1v) is 7.62. The van der Waals surface area contributed by atoms with Crippen molar-refractivity contribution in [3.05, 3.63) is 10.6 Å². The third-order valence-electron chi connectivity index (χ3n) is 4.09. The second-order valence-corrected chi connectivity index (χ2v) is 6.38. The summed E-state index contributed by atoms with van der Waals surface area (Å²) in [5, 5.41) is 0.756. The molecule has 0 bridgehead atoms. The molecule has 2 heterocycles. The molecule has 3 nitrogen and oxygen atoms in total. The molecule has 0 aromatic carbocycles. The van der Waals surface area contributed by atoms with E-state index >= 15 is 0 Å². The van der Waals surface area contributed by atoms with Crippen molar-refractivity contribution < 1.29 is 0 Å². The van der Waals surface area contributed by atoms with Crippen LogP contribution in [0.25, 0.3) is 0 Å². The molecule has 3 rings (SSSR count). The van der Waals surface area contributed by atoms with E-state index < -0.39 is 0 Å². The molecule has 1 saturated heterocycles. The molecule has 0 amide bonds. The Hall–Kier alpha value is -0.610. The summed E-state index contributed by atoms with van der Waals surface area (Å²) in [4.78, 5) is 8.59. The van der Waals surface area contributed by atoms with E-state index in [0.717, 1.165) is 17.6 Å². The maximum absolute atomic E-state index is 5.80. The predicted octanol–water partition coefficient (Wildman–Crippen LogP) is 2.46. The molecule has 4 heteroatoms. The molecule has 1 fully saturated rings. The van der Waals surface area contributed by atoms with Crippen LogP contribution in [0.5, 0.6) is 0 Å². The van der Waals surface area contributed by atoms with Gasteiger partial charge >= 0.3 is 0 Å². The minimum atomic E-state index is 0.750. The van der Waals surface area contributed by atoms with Crippen LogP contribution in [0, 0.1) is 0 Å². The summed E-state index contributed by atoms with van der Waals surface area (Å²) >= 11 is 1.70. The average molecular weight is 251 g/mol. The Balaban J connectivity index is 1.70. The number of anilines is 1. The van der Waals surface area contributed by atoms with Crippen molar-refractivity contribution in [1.82, 2.24) is 9.88 Å². The summed E-state index contributed by atoms with van der Waals surface area (Å²) < 4.78 is 0. The number of nitrogens with zero attached hydrogens (tertiary/aromatic N) is 2. The summed E-state index contributed by atoms with van der Waals surface area (Å²) in [5.41, 5.74) is 7.08. The van der Waals surface area contributed by atoms with Gasteiger partial charge in [0.1, 0.15) is 0 Å². The Bertz CT molecular complexity index is 380. The molecule has 1 atom stereocenters. The molecule has 2 aliphatic rings. The summed E-state index contributed by atoms with van der Waals surface area (Å²) in [6.07, 6.45) is 9.19. The first-order chi connectivity index (χ1) is 8.33. The van der Waals surface area contributed by atoms with Crippen molar-refractivity contribution in [2.45, 2.75) is 51.0 Å². The number of hydrogen-bond acceptors (Lipinski definition) is 4. The van der Waals surface area contributed by atoms with Crippen LogP contribution in [0.2, 0.25) is 0 Å². The van der Waals surface area contributed by atoms with Crippen molar-refractivity contribution in [2.75, 3.05) is 18.8 Å². The largest absolute Gasteiger partial charge is 0.375 e. The van der Waals surface area contributed by atoms with Crippen molar-refractivity contribution in [1.29, 1.82) is 0 Å². The Morgan fingerprint density at radius 3 is 2.71 bits per heavy atom. The SMILES string of the molecule is Nc1nc2c(s1)CC(N1CCCCCC1)CC2. The topological polar surface area (TPSA) is 42.1 Å². The van der Waals surface area contributed by atoms with Crippen molar-refractivity contribution >= 4 is 16.5 Å². The lowest BCUT2D eigenvalue weighted by molar-refractivity contribution is 0.187. The fourth-order valence-corrected chi connectivity index (χ4v) is 4.10. The van der Waals surface area contributed by atoms with E-state index in [1.165, 1.54) is 62.2 Å². The first-order valence-electron chi connectivity index (χ1n) is 6.81. The molecule has 0 saturated carbocycles. The Labute approximate surface area is 107 Å². The van der Waals surface area contributed by atoms with Gasteiger partial charge in [0, 0.05) is 10.9 Å². The number of likely N-dealkylation sites (tertiary alicyclic amines) is 1. The number of nitrogen functional groups attached to an aromatic ring is 1. The average Bonchev–Trinajstić information content (AvgIpc) is 2.53. The molecule has 0 spiro atoms. The van der Waals surface area contributed by atoms with Crippen LogP contribution in [-0.2, 0) is 12.8 Å². The van der Waals surface area contributed by atoms with Gasteiger partial charge in [0.25, 0.3) is 0 Å². The summed E-state index contributed by atoms with van der Waals surface area (Å²) in [6, 6.07) is 0.750. The lowest BCUT2D eigenvalue weighted by Gasteiger charge is -2.32. The highest BCUT2D eigenvalue weighted by Crippen LogP contribution is 2.30. The van der Waals surface area contributed by atoms with E-state index in [4.69, 9.17) is 5.73 Å². The number of fused-ring (bicyclic) bond motifs is 1. The minimum absolute atomic E-state index is 0.750. The van der Waals surface area contributed by atoms with Crippen LogP contribution in [0.1, 0.15) is 42.7 Å². The van der Waals surface area contributed by atoms with Crippen LogP contribution in [0.15, 0.2) is 0 Å². The zero-order valence-corrected chi connectivity index (χ0v) is 11.1. The number of thiazole rings is 1. The lowest BCUT2D eigenvalue weighted by Crippen LogP contribution is -2.39. The van der Waals surface area contributed by atoms with Gasteiger partial charge in [-0.05, 0) is 45.2 Å². The normalized spacial score (nSPS) is 26.5. The summed E-state index contributed by atoms with van der Waals surface area (Å²) in [6.45, 7) is 2.60. The monoisotopic (exact) mass is 251 g/mol. The quantitative estimate of drug-likeness (QED) is 0.833. The van der Waals surface area contributed by atoms with E-state index in [-0.39, 0.29) is 0 Å². The van der Waals surface area contributed by atoms with Gasteiger partial charge < -0.3 is 10.6 Å². The third-order valence-corrected chi connectivity index (χ3v) is 5.04. The highest BCUT2D eigenvalue weighted by atomic mass is 32.1. The molecular formula is C13H21N3S. The second kappa shape index (κ2) is 4.94. The van der Waals surface area contributed by atoms with Crippen LogP contribution >= 0.6 is 11.3 Å². The molecular weight excluding hydrogens is 230 g/mol. The fraction of sp³-hybridized carbons (Fsp3) is 0.769. The van der Waals surface area contributed by atoms with E-state index in [0.29, 0.717) is 0 Å². The van der Waals surface area contributed by atoms with Gasteiger partial charge in [-0.3, -0.25) is 0 Å². The van der Waals surface area contributed by atoms with Gasteiger partial charge in [-0.25, -0.2) is 4.98 Å². The first kappa shape index (κ1) is 11.5. The molecule has 1 aromatic rings. The Morgan fingerprint density at radius 2 is 1.94 bits per heavy atom. The smallest absolute Gasteiger partial charge is 0.180 e. The molecule has 2 N–H and O–H groups in total. The summed E-state index contributed by atoms with van der Waals surface area (Å²) in [7, 11) is 0. The molecule has 94 valence electrons. The lowest BCUT2D eigenvalue weighted by atomic mass is 9.96. The molecule has 1 aromatic heterocycles. The number of aryl methyl sites for hydroxylation is 1. The van der Waals surface area contributed by atoms with Gasteiger partial charge in [0.05, 0.1) is 5.69 Å². The standard InChI is InChI=1S/C13H21N3S/c14-13-15-11-6-5-10(9-12(11)17-13)16-7-3-1-2-4-8-16/h10H,1-9H2,(H2,14,15). The second-order valence-electron chi connectivity index (χ2n) is 5.27. The van der Waals surface area contributed by atoms with Gasteiger partial charge in [-0.2, -0.15) is 0 Å². The van der Waals surface area contributed by atoms with Crippen molar-refractivity contribution in [3.63, 3.8) is 0 Å².